The van der Waals surface area contributed by atoms with Crippen molar-refractivity contribution in [1.82, 2.24) is 5.32 Å². The first-order chi connectivity index (χ1) is 7.85. The molecule has 1 aromatic rings. The second-order valence-electron chi connectivity index (χ2n) is 4.25. The molecule has 0 aromatic heterocycles. The molecule has 0 radical (unpaired) electrons. The van der Waals surface area contributed by atoms with E-state index >= 15 is 0 Å². The monoisotopic (exact) mass is 223 g/mol. The van der Waals surface area contributed by atoms with Gasteiger partial charge in [-0.1, -0.05) is 6.07 Å². The van der Waals surface area contributed by atoms with Crippen molar-refractivity contribution in [1.29, 1.82) is 0 Å². The van der Waals surface area contributed by atoms with Crippen LogP contribution in [0.2, 0.25) is 0 Å². The fraction of sp³-hybridized carbons (Fsp3) is 0.538. The molecule has 1 N–H and O–H groups in total. The van der Waals surface area contributed by atoms with Crippen molar-refractivity contribution in [3.63, 3.8) is 0 Å². The zero-order chi connectivity index (χ0) is 11.4. The molecule has 2 nitrogen and oxygen atoms in total. The topological polar surface area (TPSA) is 21.3 Å². The van der Waals surface area contributed by atoms with E-state index in [9.17, 15) is 4.39 Å². The maximum atomic E-state index is 12.8. The van der Waals surface area contributed by atoms with Crippen LogP contribution in [0.15, 0.2) is 18.2 Å². The van der Waals surface area contributed by atoms with Crippen LogP contribution in [0, 0.1) is 0 Å². The van der Waals surface area contributed by atoms with Crippen molar-refractivity contribution >= 4 is 0 Å². The Labute approximate surface area is 95.8 Å². The van der Waals surface area contributed by atoms with E-state index in [1.807, 2.05) is 12.1 Å². The van der Waals surface area contributed by atoms with Gasteiger partial charge < -0.3 is 10.1 Å². The number of hydrogen-bond donors (Lipinski definition) is 1. The number of hydrogen-bond acceptors (Lipinski definition) is 2. The normalized spacial score (nSPS) is 20.8. The second kappa shape index (κ2) is 5.30. The van der Waals surface area contributed by atoms with Crippen LogP contribution in [0.3, 0.4) is 0 Å². The third-order valence-electron chi connectivity index (χ3n) is 3.22. The van der Waals surface area contributed by atoms with Crippen LogP contribution in [-0.4, -0.2) is 20.2 Å². The van der Waals surface area contributed by atoms with Crippen molar-refractivity contribution in [2.45, 2.75) is 25.4 Å². The number of alkyl halides is 1. The van der Waals surface area contributed by atoms with Gasteiger partial charge in [-0.15, -0.1) is 0 Å². The van der Waals surface area contributed by atoms with E-state index in [1.165, 1.54) is 18.4 Å². The van der Waals surface area contributed by atoms with Gasteiger partial charge in [-0.25, -0.2) is 4.39 Å². The number of piperidine rings is 1. The predicted octanol–water partition coefficient (Wildman–Crippen LogP) is 2.63. The maximum Gasteiger partial charge on any atom is 0.124 e. The Balaban J connectivity index is 2.20. The fourth-order valence-electron chi connectivity index (χ4n) is 2.29. The van der Waals surface area contributed by atoms with Crippen LogP contribution in [0.5, 0.6) is 5.75 Å². The molecule has 2 rings (SSSR count). The van der Waals surface area contributed by atoms with Crippen LogP contribution in [0.1, 0.15) is 29.9 Å². The number of nitrogens with one attached hydrogen (secondary N) is 1. The van der Waals surface area contributed by atoms with E-state index in [1.54, 1.807) is 7.11 Å². The molecule has 0 saturated carbocycles. The fourth-order valence-corrected chi connectivity index (χ4v) is 2.29. The summed E-state index contributed by atoms with van der Waals surface area (Å²) in [6.07, 6.45) is 2.38. The van der Waals surface area contributed by atoms with Gasteiger partial charge in [-0.05, 0) is 43.0 Å². The largest absolute Gasteiger partial charge is 0.496 e. The minimum Gasteiger partial charge on any atom is -0.496 e. The van der Waals surface area contributed by atoms with Gasteiger partial charge in [-0.3, -0.25) is 0 Å². The first-order valence-corrected chi connectivity index (χ1v) is 5.78. The molecule has 1 aliphatic heterocycles. The molecule has 1 atom stereocenters. The Hall–Kier alpha value is -1.09. The van der Waals surface area contributed by atoms with Crippen LogP contribution in [0.25, 0.3) is 0 Å². The predicted molar refractivity (Wildman–Crippen MR) is 62.7 cm³/mol. The summed E-state index contributed by atoms with van der Waals surface area (Å²) in [5.74, 6) is 1.17. The summed E-state index contributed by atoms with van der Waals surface area (Å²) < 4.78 is 17.9. The minimum atomic E-state index is -0.461. The lowest BCUT2D eigenvalue weighted by Gasteiger charge is -2.23. The van der Waals surface area contributed by atoms with Gasteiger partial charge in [0.05, 0.1) is 7.11 Å². The van der Waals surface area contributed by atoms with Gasteiger partial charge >= 0.3 is 0 Å². The van der Waals surface area contributed by atoms with Crippen molar-refractivity contribution in [3.05, 3.63) is 29.3 Å². The highest BCUT2D eigenvalue weighted by Gasteiger charge is 2.16. The molecule has 0 amide bonds. The molecule has 1 fully saturated rings. The highest BCUT2D eigenvalue weighted by Crippen LogP contribution is 2.28. The molecule has 0 aliphatic carbocycles. The van der Waals surface area contributed by atoms with Crippen LogP contribution in [0.4, 0.5) is 4.39 Å². The van der Waals surface area contributed by atoms with E-state index in [-0.39, 0.29) is 0 Å². The minimum absolute atomic E-state index is 0.461. The molecule has 0 spiro atoms. The Morgan fingerprint density at radius 3 is 3.00 bits per heavy atom. The molecule has 1 heterocycles. The van der Waals surface area contributed by atoms with Gasteiger partial charge in [0.25, 0.3) is 0 Å². The lowest BCUT2D eigenvalue weighted by Crippen LogP contribution is -2.28. The van der Waals surface area contributed by atoms with Gasteiger partial charge in [-0.2, -0.15) is 0 Å². The summed E-state index contributed by atoms with van der Waals surface area (Å²) >= 11 is 0. The zero-order valence-electron chi connectivity index (χ0n) is 9.63. The Kier molecular flexibility index (Phi) is 3.78. The van der Waals surface area contributed by atoms with E-state index in [0.717, 1.165) is 13.1 Å². The number of ether oxygens (including phenoxy) is 1. The SMILES string of the molecule is COc1ccc(C2CCCNC2)cc1CF. The summed E-state index contributed by atoms with van der Waals surface area (Å²) in [5, 5.41) is 3.37. The highest BCUT2D eigenvalue weighted by atomic mass is 19.1. The van der Waals surface area contributed by atoms with E-state index in [2.05, 4.69) is 11.4 Å². The Bertz CT molecular complexity index is 348. The molecular formula is C13H18FNO. The number of benzene rings is 1. The van der Waals surface area contributed by atoms with Crippen LogP contribution < -0.4 is 10.1 Å². The summed E-state index contributed by atoms with van der Waals surface area (Å²) in [7, 11) is 1.58. The van der Waals surface area contributed by atoms with Crippen molar-refractivity contribution in [3.8, 4) is 5.75 Å². The first kappa shape index (κ1) is 11.4. The van der Waals surface area contributed by atoms with Crippen molar-refractivity contribution in [2.75, 3.05) is 20.2 Å². The molecule has 1 saturated heterocycles. The van der Waals surface area contributed by atoms with E-state index in [0.29, 0.717) is 17.2 Å². The molecule has 0 bridgehead atoms. The third kappa shape index (κ3) is 2.35. The van der Waals surface area contributed by atoms with E-state index < -0.39 is 6.67 Å². The lowest BCUT2D eigenvalue weighted by atomic mass is 9.90. The number of rotatable bonds is 3. The number of methoxy groups -OCH3 is 1. The highest BCUT2D eigenvalue weighted by molar-refractivity contribution is 5.38. The number of halogens is 1. The molecule has 88 valence electrons. The molecular weight excluding hydrogens is 205 g/mol. The maximum absolute atomic E-state index is 12.8. The molecule has 1 unspecified atom stereocenters. The van der Waals surface area contributed by atoms with Crippen molar-refractivity contribution in [2.24, 2.45) is 0 Å². The summed E-state index contributed by atoms with van der Waals surface area (Å²) in [6, 6.07) is 5.87. The Morgan fingerprint density at radius 1 is 1.50 bits per heavy atom. The average molecular weight is 223 g/mol. The molecule has 1 aliphatic rings. The van der Waals surface area contributed by atoms with E-state index in [4.69, 9.17) is 4.74 Å². The Morgan fingerprint density at radius 2 is 2.38 bits per heavy atom. The molecule has 3 heteroatoms. The molecule has 1 aromatic carbocycles. The van der Waals surface area contributed by atoms with Crippen LogP contribution >= 0.6 is 0 Å². The van der Waals surface area contributed by atoms with Gasteiger partial charge in [0, 0.05) is 12.1 Å². The standard InChI is InChI=1S/C13H18FNO/c1-16-13-5-4-10(7-12(13)8-14)11-3-2-6-15-9-11/h4-5,7,11,15H,2-3,6,8-9H2,1H3. The smallest absolute Gasteiger partial charge is 0.124 e. The zero-order valence-corrected chi connectivity index (χ0v) is 9.63. The molecule has 16 heavy (non-hydrogen) atoms. The van der Waals surface area contributed by atoms with Gasteiger partial charge in [0.15, 0.2) is 0 Å². The quantitative estimate of drug-likeness (QED) is 0.850. The second-order valence-corrected chi connectivity index (χ2v) is 4.25. The average Bonchev–Trinajstić information content (AvgIpc) is 2.39. The van der Waals surface area contributed by atoms with Crippen molar-refractivity contribution < 1.29 is 9.13 Å². The van der Waals surface area contributed by atoms with Gasteiger partial charge in [0.2, 0.25) is 0 Å². The van der Waals surface area contributed by atoms with Gasteiger partial charge in [0.1, 0.15) is 12.4 Å². The summed E-state index contributed by atoms with van der Waals surface area (Å²) in [6.45, 7) is 1.64. The van der Waals surface area contributed by atoms with Crippen LogP contribution in [-0.2, 0) is 6.67 Å². The first-order valence-electron chi connectivity index (χ1n) is 5.78. The summed E-state index contributed by atoms with van der Waals surface area (Å²) in [5.41, 5.74) is 1.88. The lowest BCUT2D eigenvalue weighted by molar-refractivity contribution is 0.392. The summed E-state index contributed by atoms with van der Waals surface area (Å²) in [4.78, 5) is 0. The third-order valence-corrected chi connectivity index (χ3v) is 3.22.